The minimum Gasteiger partial charge on any atom is -0.491 e. The van der Waals surface area contributed by atoms with Crippen LogP contribution in [0.25, 0.3) is 10.6 Å². The first kappa shape index (κ1) is 16.0. The van der Waals surface area contributed by atoms with Crippen molar-refractivity contribution in [1.29, 1.82) is 0 Å². The number of carboxylic acids is 1. The summed E-state index contributed by atoms with van der Waals surface area (Å²) in [5.41, 5.74) is 0.982. The highest BCUT2D eigenvalue weighted by Gasteiger charge is 2.17. The highest BCUT2D eigenvalue weighted by Crippen LogP contribution is 2.30. The summed E-state index contributed by atoms with van der Waals surface area (Å²) in [6, 6.07) is 5.04. The van der Waals surface area contributed by atoms with Gasteiger partial charge in [0.15, 0.2) is 0 Å². The van der Waals surface area contributed by atoms with Crippen LogP contribution in [-0.4, -0.2) is 35.4 Å². The van der Waals surface area contributed by atoms with Gasteiger partial charge in [-0.2, -0.15) is 0 Å². The molecule has 0 radical (unpaired) electrons. The average molecular weight is 333 g/mol. The summed E-state index contributed by atoms with van der Waals surface area (Å²) >= 11 is 1.57. The summed E-state index contributed by atoms with van der Waals surface area (Å²) in [7, 11) is 0. The Morgan fingerprint density at radius 3 is 3.00 bits per heavy atom. The first-order valence-corrected chi connectivity index (χ1v) is 8.55. The van der Waals surface area contributed by atoms with Gasteiger partial charge in [0.1, 0.15) is 17.4 Å². The number of rotatable bonds is 6. The third-order valence-corrected chi connectivity index (χ3v) is 4.95. The van der Waals surface area contributed by atoms with Crippen LogP contribution < -0.4 is 4.74 Å². The molecule has 3 rings (SSSR count). The van der Waals surface area contributed by atoms with Crippen LogP contribution in [0.5, 0.6) is 5.75 Å². The van der Waals surface area contributed by atoms with E-state index in [1.807, 2.05) is 12.3 Å². The van der Waals surface area contributed by atoms with Crippen molar-refractivity contribution >= 4 is 17.3 Å². The van der Waals surface area contributed by atoms with Crippen molar-refractivity contribution in [2.45, 2.75) is 32.3 Å². The van der Waals surface area contributed by atoms with Gasteiger partial charge in [0.25, 0.3) is 0 Å². The highest BCUT2D eigenvalue weighted by atomic mass is 32.1. The monoisotopic (exact) mass is 333 g/mol. The molecule has 0 spiro atoms. The van der Waals surface area contributed by atoms with E-state index < -0.39 is 5.97 Å². The quantitative estimate of drug-likeness (QED) is 0.874. The molecule has 1 aromatic carbocycles. The number of aromatic nitrogens is 1. The summed E-state index contributed by atoms with van der Waals surface area (Å²) in [4.78, 5) is 16.9. The maximum Gasteiger partial charge on any atom is 0.335 e. The summed E-state index contributed by atoms with van der Waals surface area (Å²) in [6.07, 6.45) is 4.88. The molecule has 0 unspecified atom stereocenters. The number of thiazole rings is 1. The maximum absolute atomic E-state index is 11.4. The molecular formula is C17H19NO4S. The summed E-state index contributed by atoms with van der Waals surface area (Å²) < 4.78 is 11.3. The van der Waals surface area contributed by atoms with E-state index in [0.717, 1.165) is 36.4 Å². The van der Waals surface area contributed by atoms with Crippen molar-refractivity contribution in [3.63, 3.8) is 0 Å². The van der Waals surface area contributed by atoms with Crippen molar-refractivity contribution in [3.8, 4) is 16.3 Å². The molecule has 1 N–H and O–H groups in total. The largest absolute Gasteiger partial charge is 0.491 e. The van der Waals surface area contributed by atoms with Gasteiger partial charge in [0.05, 0.1) is 11.7 Å². The lowest BCUT2D eigenvalue weighted by Gasteiger charge is -2.12. The summed E-state index contributed by atoms with van der Waals surface area (Å²) in [6.45, 7) is 3.29. The van der Waals surface area contributed by atoms with E-state index in [0.29, 0.717) is 12.4 Å². The molecule has 1 fully saturated rings. The van der Waals surface area contributed by atoms with E-state index in [1.165, 1.54) is 4.88 Å². The van der Waals surface area contributed by atoms with Crippen LogP contribution in [0.4, 0.5) is 0 Å². The van der Waals surface area contributed by atoms with Gasteiger partial charge >= 0.3 is 5.97 Å². The number of ether oxygens (including phenoxy) is 2. The molecule has 1 aromatic heterocycles. The molecule has 5 nitrogen and oxygen atoms in total. The minimum atomic E-state index is -0.971. The van der Waals surface area contributed by atoms with Gasteiger partial charge in [-0.3, -0.25) is 0 Å². The molecule has 1 aliphatic heterocycles. The zero-order valence-electron chi connectivity index (χ0n) is 12.9. The van der Waals surface area contributed by atoms with E-state index in [-0.39, 0.29) is 11.7 Å². The predicted molar refractivity (Wildman–Crippen MR) is 88.4 cm³/mol. The van der Waals surface area contributed by atoms with Crippen molar-refractivity contribution < 1.29 is 19.4 Å². The predicted octanol–water partition coefficient (Wildman–Crippen LogP) is 3.63. The van der Waals surface area contributed by atoms with Crippen LogP contribution in [0.3, 0.4) is 0 Å². The fourth-order valence-corrected chi connectivity index (χ4v) is 3.34. The minimum absolute atomic E-state index is 0.0958. The molecule has 1 atom stereocenters. The van der Waals surface area contributed by atoms with E-state index in [1.54, 1.807) is 23.5 Å². The van der Waals surface area contributed by atoms with Crippen molar-refractivity contribution in [1.82, 2.24) is 4.98 Å². The van der Waals surface area contributed by atoms with Gasteiger partial charge in [-0.05, 0) is 37.5 Å². The number of hydrogen-bond acceptors (Lipinski definition) is 5. The Morgan fingerprint density at radius 2 is 2.35 bits per heavy atom. The van der Waals surface area contributed by atoms with Gasteiger partial charge in [0, 0.05) is 23.2 Å². The standard InChI is InChI=1S/C17H19NO4S/c1-2-15-9-18-16(23-15)11-6-12(17(19)20)8-14(7-11)22-10-13-4-3-5-21-13/h6-9,13H,2-5,10H2,1H3,(H,19,20)/t13-/m0/s1. The molecule has 23 heavy (non-hydrogen) atoms. The average Bonchev–Trinajstić information content (AvgIpc) is 3.24. The zero-order valence-corrected chi connectivity index (χ0v) is 13.8. The first-order valence-electron chi connectivity index (χ1n) is 7.73. The lowest BCUT2D eigenvalue weighted by Crippen LogP contribution is -2.16. The molecule has 0 aliphatic carbocycles. The Labute approximate surface area is 138 Å². The topological polar surface area (TPSA) is 68.7 Å². The number of hydrogen-bond donors (Lipinski definition) is 1. The molecule has 0 amide bonds. The lowest BCUT2D eigenvalue weighted by atomic mass is 10.1. The highest BCUT2D eigenvalue weighted by molar-refractivity contribution is 7.15. The van der Waals surface area contributed by atoms with Crippen LogP contribution in [0.2, 0.25) is 0 Å². The van der Waals surface area contributed by atoms with Gasteiger partial charge in [-0.15, -0.1) is 11.3 Å². The Balaban J connectivity index is 1.84. The Bertz CT molecular complexity index is 692. The van der Waals surface area contributed by atoms with E-state index in [9.17, 15) is 9.90 Å². The van der Waals surface area contributed by atoms with Crippen LogP contribution >= 0.6 is 11.3 Å². The van der Waals surface area contributed by atoms with Crippen LogP contribution in [0, 0.1) is 0 Å². The smallest absolute Gasteiger partial charge is 0.335 e. The second-order valence-electron chi connectivity index (χ2n) is 5.48. The van der Waals surface area contributed by atoms with E-state index >= 15 is 0 Å². The molecule has 0 saturated carbocycles. The number of aromatic carboxylic acids is 1. The van der Waals surface area contributed by atoms with Crippen molar-refractivity contribution in [2.75, 3.05) is 13.2 Å². The zero-order chi connectivity index (χ0) is 16.2. The Morgan fingerprint density at radius 1 is 1.48 bits per heavy atom. The normalized spacial score (nSPS) is 17.3. The number of aryl methyl sites for hydroxylation is 1. The first-order chi connectivity index (χ1) is 11.2. The van der Waals surface area contributed by atoms with Gasteiger partial charge in [0.2, 0.25) is 0 Å². The van der Waals surface area contributed by atoms with Gasteiger partial charge in [-0.25, -0.2) is 9.78 Å². The number of nitrogens with zero attached hydrogens (tertiary/aromatic N) is 1. The number of carboxylic acid groups (broad SMARTS) is 1. The molecular weight excluding hydrogens is 314 g/mol. The van der Waals surface area contributed by atoms with E-state index in [2.05, 4.69) is 11.9 Å². The summed E-state index contributed by atoms with van der Waals surface area (Å²) in [5, 5.41) is 10.1. The van der Waals surface area contributed by atoms with E-state index in [4.69, 9.17) is 9.47 Å². The molecule has 6 heteroatoms. The molecule has 1 saturated heterocycles. The Hall–Kier alpha value is -1.92. The second kappa shape index (κ2) is 7.10. The third-order valence-electron chi connectivity index (χ3n) is 3.76. The number of carbonyl (C=O) groups is 1. The molecule has 122 valence electrons. The number of benzene rings is 1. The van der Waals surface area contributed by atoms with Crippen LogP contribution in [-0.2, 0) is 11.2 Å². The van der Waals surface area contributed by atoms with Crippen LogP contribution in [0.1, 0.15) is 35.0 Å². The van der Waals surface area contributed by atoms with Gasteiger partial charge in [-0.1, -0.05) is 6.92 Å². The van der Waals surface area contributed by atoms with Gasteiger partial charge < -0.3 is 14.6 Å². The molecule has 0 bridgehead atoms. The molecule has 2 aromatic rings. The molecule has 2 heterocycles. The fourth-order valence-electron chi connectivity index (χ4n) is 2.50. The van der Waals surface area contributed by atoms with Crippen LogP contribution in [0.15, 0.2) is 24.4 Å². The fraction of sp³-hybridized carbons (Fsp3) is 0.412. The maximum atomic E-state index is 11.4. The second-order valence-corrected chi connectivity index (χ2v) is 6.60. The third kappa shape index (κ3) is 3.89. The Kier molecular flexibility index (Phi) is 4.93. The molecule has 1 aliphatic rings. The summed E-state index contributed by atoms with van der Waals surface area (Å²) in [5.74, 6) is -0.426. The van der Waals surface area contributed by atoms with Crippen molar-refractivity contribution in [3.05, 3.63) is 34.8 Å². The SMILES string of the molecule is CCc1cnc(-c2cc(OC[C@@H]3CCCO3)cc(C(=O)O)c2)s1. The van der Waals surface area contributed by atoms with Crippen molar-refractivity contribution in [2.24, 2.45) is 0 Å². The lowest BCUT2D eigenvalue weighted by molar-refractivity contribution is 0.0672.